The summed E-state index contributed by atoms with van der Waals surface area (Å²) < 4.78 is 18.9. The average molecular weight is 423 g/mol. The first kappa shape index (κ1) is 20.0. The Balaban J connectivity index is 1.14. The molecule has 2 aromatic carbocycles. The van der Waals surface area contributed by atoms with Crippen molar-refractivity contribution >= 4 is 17.6 Å². The van der Waals surface area contributed by atoms with Crippen LogP contribution >= 0.6 is 0 Å². The van der Waals surface area contributed by atoms with E-state index in [1.54, 1.807) is 12.1 Å². The molecule has 6 heteroatoms. The lowest BCUT2D eigenvalue weighted by Crippen LogP contribution is -2.47. The van der Waals surface area contributed by atoms with Crippen LogP contribution in [-0.4, -0.2) is 31.0 Å². The zero-order valence-electron chi connectivity index (χ0n) is 17.5. The standard InChI is InChI=1S/C25H27FN2O3/c26-18-5-7-20(8-6-18)28-15-11-19(12-16-28)27-23(29)17-9-13-25(14-10-17)22-4-2-1-3-21(22)24(30)31-25/h1-8,17,19H,9-16H2,(H,27,29). The molecule has 31 heavy (non-hydrogen) atoms. The number of rotatable bonds is 3. The molecule has 1 N–H and O–H groups in total. The van der Waals surface area contributed by atoms with Crippen molar-refractivity contribution in [1.29, 1.82) is 0 Å². The van der Waals surface area contributed by atoms with E-state index in [0.29, 0.717) is 18.4 Å². The number of hydrogen-bond donors (Lipinski definition) is 1. The normalized spacial score (nSPS) is 25.9. The fourth-order valence-corrected chi connectivity index (χ4v) is 5.32. The summed E-state index contributed by atoms with van der Waals surface area (Å²) in [5.41, 5.74) is 2.12. The molecule has 2 aliphatic heterocycles. The molecule has 5 nitrogen and oxygen atoms in total. The van der Waals surface area contributed by atoms with E-state index < -0.39 is 5.60 Å². The fraction of sp³-hybridized carbons (Fsp3) is 0.440. The molecule has 0 aromatic heterocycles. The first-order chi connectivity index (χ1) is 15.0. The van der Waals surface area contributed by atoms with Gasteiger partial charge in [0.25, 0.3) is 0 Å². The van der Waals surface area contributed by atoms with Crippen molar-refractivity contribution in [3.63, 3.8) is 0 Å². The highest BCUT2D eigenvalue weighted by atomic mass is 19.1. The van der Waals surface area contributed by atoms with Crippen LogP contribution in [0.5, 0.6) is 0 Å². The zero-order valence-corrected chi connectivity index (χ0v) is 17.5. The summed E-state index contributed by atoms with van der Waals surface area (Å²) in [7, 11) is 0. The summed E-state index contributed by atoms with van der Waals surface area (Å²) in [6.07, 6.45) is 4.59. The number of hydrogen-bond acceptors (Lipinski definition) is 4. The maximum atomic E-state index is 13.1. The molecule has 0 atom stereocenters. The van der Waals surface area contributed by atoms with E-state index in [2.05, 4.69) is 10.2 Å². The first-order valence-corrected chi connectivity index (χ1v) is 11.2. The lowest BCUT2D eigenvalue weighted by molar-refractivity contribution is -0.128. The number of nitrogens with one attached hydrogen (secondary N) is 1. The number of fused-ring (bicyclic) bond motifs is 2. The van der Waals surface area contributed by atoms with Gasteiger partial charge >= 0.3 is 5.97 Å². The van der Waals surface area contributed by atoms with Gasteiger partial charge in [0.15, 0.2) is 0 Å². The Kier molecular flexibility index (Phi) is 5.16. The maximum Gasteiger partial charge on any atom is 0.339 e. The van der Waals surface area contributed by atoms with Crippen molar-refractivity contribution in [3.8, 4) is 0 Å². The van der Waals surface area contributed by atoms with Crippen LogP contribution in [0.3, 0.4) is 0 Å². The van der Waals surface area contributed by atoms with Gasteiger partial charge in [-0.2, -0.15) is 0 Å². The monoisotopic (exact) mass is 422 g/mol. The highest BCUT2D eigenvalue weighted by molar-refractivity contribution is 5.94. The van der Waals surface area contributed by atoms with Crippen molar-refractivity contribution in [1.82, 2.24) is 5.32 Å². The van der Waals surface area contributed by atoms with Gasteiger partial charge in [0.05, 0.1) is 5.56 Å². The van der Waals surface area contributed by atoms with E-state index in [-0.39, 0.29) is 29.7 Å². The van der Waals surface area contributed by atoms with Crippen LogP contribution in [0.15, 0.2) is 48.5 Å². The molecule has 5 rings (SSSR count). The number of ether oxygens (including phenoxy) is 1. The van der Waals surface area contributed by atoms with E-state index in [1.165, 1.54) is 12.1 Å². The molecule has 2 fully saturated rings. The average Bonchev–Trinajstić information content (AvgIpc) is 3.07. The number of esters is 1. The van der Waals surface area contributed by atoms with E-state index in [1.807, 2.05) is 24.3 Å². The van der Waals surface area contributed by atoms with Crippen molar-refractivity contribution in [3.05, 3.63) is 65.5 Å². The number of nitrogens with zero attached hydrogens (tertiary/aromatic N) is 1. The zero-order chi connectivity index (χ0) is 21.4. The fourth-order valence-electron chi connectivity index (χ4n) is 5.32. The van der Waals surface area contributed by atoms with Crippen molar-refractivity contribution in [2.24, 2.45) is 5.92 Å². The SMILES string of the molecule is O=C1OC2(CCC(C(=O)NC3CCN(c4ccc(F)cc4)CC3)CC2)c2ccccc21. The Bertz CT molecular complexity index is 975. The lowest BCUT2D eigenvalue weighted by Gasteiger charge is -2.37. The van der Waals surface area contributed by atoms with Crippen LogP contribution in [0.25, 0.3) is 0 Å². The summed E-state index contributed by atoms with van der Waals surface area (Å²) >= 11 is 0. The topological polar surface area (TPSA) is 58.6 Å². The van der Waals surface area contributed by atoms with Gasteiger partial charge < -0.3 is 15.0 Å². The minimum atomic E-state index is -0.551. The highest BCUT2D eigenvalue weighted by Crippen LogP contribution is 2.48. The Hall–Kier alpha value is -2.89. The molecule has 0 radical (unpaired) electrons. The third kappa shape index (κ3) is 3.80. The van der Waals surface area contributed by atoms with E-state index in [0.717, 1.165) is 50.0 Å². The number of benzene rings is 2. The number of piperidine rings is 1. The van der Waals surface area contributed by atoms with Crippen LogP contribution in [0.2, 0.25) is 0 Å². The van der Waals surface area contributed by atoms with Crippen molar-refractivity contribution in [2.45, 2.75) is 50.2 Å². The number of amides is 1. The summed E-state index contributed by atoms with van der Waals surface area (Å²) in [5, 5.41) is 3.24. The van der Waals surface area contributed by atoms with Crippen LogP contribution < -0.4 is 10.2 Å². The number of anilines is 1. The Morgan fingerprint density at radius 2 is 1.68 bits per heavy atom. The minimum absolute atomic E-state index is 0.0350. The summed E-state index contributed by atoms with van der Waals surface area (Å²) in [6.45, 7) is 1.69. The molecule has 1 saturated heterocycles. The van der Waals surface area contributed by atoms with Crippen molar-refractivity contribution < 1.29 is 18.7 Å². The third-order valence-corrected chi connectivity index (χ3v) is 7.12. The quantitative estimate of drug-likeness (QED) is 0.755. The summed E-state index contributed by atoms with van der Waals surface area (Å²) in [6, 6.07) is 14.4. The van der Waals surface area contributed by atoms with Crippen LogP contribution in [-0.2, 0) is 15.1 Å². The van der Waals surface area contributed by atoms with Crippen LogP contribution in [0.1, 0.15) is 54.4 Å². The molecule has 1 spiro atoms. The molecule has 1 aliphatic carbocycles. The molecular formula is C25H27FN2O3. The van der Waals surface area contributed by atoms with Crippen LogP contribution in [0.4, 0.5) is 10.1 Å². The maximum absolute atomic E-state index is 13.1. The minimum Gasteiger partial charge on any atom is -0.451 e. The van der Waals surface area contributed by atoms with Crippen molar-refractivity contribution in [2.75, 3.05) is 18.0 Å². The predicted molar refractivity (Wildman–Crippen MR) is 115 cm³/mol. The molecular weight excluding hydrogens is 395 g/mol. The second kappa shape index (κ2) is 7.98. The molecule has 2 aromatic rings. The summed E-state index contributed by atoms with van der Waals surface area (Å²) in [4.78, 5) is 27.4. The molecule has 0 unspecified atom stereocenters. The van der Waals surface area contributed by atoms with Gasteiger partial charge in [-0.25, -0.2) is 9.18 Å². The number of halogens is 1. The third-order valence-electron chi connectivity index (χ3n) is 7.12. The smallest absolute Gasteiger partial charge is 0.339 e. The van der Waals surface area contributed by atoms with Gasteiger partial charge in [-0.1, -0.05) is 18.2 Å². The molecule has 3 aliphatic rings. The van der Waals surface area contributed by atoms with E-state index in [4.69, 9.17) is 4.74 Å². The van der Waals surface area contributed by atoms with Gasteiger partial charge in [0, 0.05) is 36.3 Å². The van der Waals surface area contributed by atoms with Gasteiger partial charge in [-0.15, -0.1) is 0 Å². The largest absolute Gasteiger partial charge is 0.451 e. The van der Waals surface area contributed by atoms with Gasteiger partial charge in [-0.3, -0.25) is 4.79 Å². The van der Waals surface area contributed by atoms with E-state index >= 15 is 0 Å². The highest BCUT2D eigenvalue weighted by Gasteiger charge is 2.48. The van der Waals surface area contributed by atoms with Gasteiger partial charge in [0.2, 0.25) is 5.91 Å². The number of carbonyl (C=O) groups is 2. The Morgan fingerprint density at radius 3 is 2.39 bits per heavy atom. The van der Waals surface area contributed by atoms with Gasteiger partial charge in [0.1, 0.15) is 11.4 Å². The lowest BCUT2D eigenvalue weighted by atomic mass is 9.74. The first-order valence-electron chi connectivity index (χ1n) is 11.2. The summed E-state index contributed by atoms with van der Waals surface area (Å²) in [5.74, 6) is -0.387. The van der Waals surface area contributed by atoms with Gasteiger partial charge in [-0.05, 0) is 68.9 Å². The Labute approximate surface area is 181 Å². The number of carbonyl (C=O) groups excluding carboxylic acids is 2. The molecule has 0 bridgehead atoms. The molecule has 1 amide bonds. The second-order valence-corrected chi connectivity index (χ2v) is 8.95. The molecule has 162 valence electrons. The van der Waals surface area contributed by atoms with E-state index in [9.17, 15) is 14.0 Å². The second-order valence-electron chi connectivity index (χ2n) is 8.95. The molecule has 2 heterocycles. The van der Waals surface area contributed by atoms with Crippen LogP contribution in [0, 0.1) is 11.7 Å². The predicted octanol–water partition coefficient (Wildman–Crippen LogP) is 4.17. The Morgan fingerprint density at radius 1 is 1.00 bits per heavy atom. The molecule has 1 saturated carbocycles.